The zero-order valence-electron chi connectivity index (χ0n) is 20.7. The number of phenols is 1. The lowest BCUT2D eigenvalue weighted by molar-refractivity contribution is -0.132. The van der Waals surface area contributed by atoms with Gasteiger partial charge in [-0.1, -0.05) is 30.3 Å². The van der Waals surface area contributed by atoms with Gasteiger partial charge in [-0.05, 0) is 68.8 Å². The average molecular weight is 502 g/mol. The molecule has 2 N–H and O–H groups in total. The predicted octanol–water partition coefficient (Wildman–Crippen LogP) is 4.98. The molecule has 3 aromatic carbocycles. The van der Waals surface area contributed by atoms with Crippen LogP contribution in [0.15, 0.2) is 78.4 Å². The van der Waals surface area contributed by atoms with E-state index in [0.717, 1.165) is 0 Å². The van der Waals surface area contributed by atoms with Gasteiger partial charge >= 0.3 is 5.97 Å². The number of aliphatic hydroxyl groups is 1. The normalized spacial score (nSPS) is 16.8. The van der Waals surface area contributed by atoms with Crippen molar-refractivity contribution in [2.24, 2.45) is 0 Å². The molecular weight excluding hydrogens is 474 g/mol. The standard InChI is InChI=1S/C29H27NO7/c1-4-36-23-10-6-7-19(16-23)26(32)24-25(18-11-13-22(31)14-12-18)30(28(34)27(24)33)21-9-5-8-20(15-21)29(35)37-17(2)3/h5-17,25,31-32H,4H2,1-3H3/b26-24+. The zero-order chi connectivity index (χ0) is 26.7. The summed E-state index contributed by atoms with van der Waals surface area (Å²) in [5.41, 5.74) is 1.15. The molecule has 4 rings (SSSR count). The molecule has 0 spiro atoms. The van der Waals surface area contributed by atoms with E-state index in [1.807, 2.05) is 6.92 Å². The van der Waals surface area contributed by atoms with E-state index in [1.54, 1.807) is 68.4 Å². The SMILES string of the molecule is CCOc1cccc(/C(O)=C2\C(=O)C(=O)N(c3cccc(C(=O)OC(C)C)c3)C2c2ccc(O)cc2)c1. The monoisotopic (exact) mass is 501 g/mol. The number of hydrogen-bond donors (Lipinski definition) is 2. The van der Waals surface area contributed by atoms with E-state index in [0.29, 0.717) is 23.5 Å². The number of aliphatic hydroxyl groups excluding tert-OH is 1. The summed E-state index contributed by atoms with van der Waals surface area (Å²) >= 11 is 0. The molecule has 8 heteroatoms. The number of phenolic OH excluding ortho intramolecular Hbond substituents is 1. The van der Waals surface area contributed by atoms with Crippen molar-refractivity contribution in [1.29, 1.82) is 0 Å². The minimum Gasteiger partial charge on any atom is -0.508 e. The summed E-state index contributed by atoms with van der Waals surface area (Å²) in [5, 5.41) is 21.1. The quantitative estimate of drug-likeness (QED) is 0.203. The van der Waals surface area contributed by atoms with Crippen LogP contribution in [0.4, 0.5) is 5.69 Å². The molecule has 1 aliphatic rings. The summed E-state index contributed by atoms with van der Waals surface area (Å²) in [6, 6.07) is 17.8. The first kappa shape index (κ1) is 25.5. The average Bonchev–Trinajstić information content (AvgIpc) is 3.14. The first-order valence-electron chi connectivity index (χ1n) is 11.9. The van der Waals surface area contributed by atoms with Crippen LogP contribution in [0, 0.1) is 0 Å². The Morgan fingerprint density at radius 3 is 2.32 bits per heavy atom. The van der Waals surface area contributed by atoms with Gasteiger partial charge in [0.05, 0.1) is 29.9 Å². The number of esters is 1. The third kappa shape index (κ3) is 5.18. The van der Waals surface area contributed by atoms with Gasteiger partial charge in [0.2, 0.25) is 0 Å². The van der Waals surface area contributed by atoms with Crippen LogP contribution in [0.5, 0.6) is 11.5 Å². The van der Waals surface area contributed by atoms with Crippen LogP contribution >= 0.6 is 0 Å². The molecule has 0 bridgehead atoms. The molecule has 1 fully saturated rings. The molecule has 0 aliphatic carbocycles. The zero-order valence-corrected chi connectivity index (χ0v) is 20.7. The Morgan fingerprint density at radius 2 is 1.65 bits per heavy atom. The van der Waals surface area contributed by atoms with Gasteiger partial charge in [0.25, 0.3) is 11.7 Å². The summed E-state index contributed by atoms with van der Waals surface area (Å²) in [5.74, 6) is -2.18. The van der Waals surface area contributed by atoms with Crippen LogP contribution in [0.2, 0.25) is 0 Å². The molecule has 8 nitrogen and oxygen atoms in total. The van der Waals surface area contributed by atoms with Crippen LogP contribution in [0.25, 0.3) is 5.76 Å². The van der Waals surface area contributed by atoms with Gasteiger partial charge in [-0.15, -0.1) is 0 Å². The summed E-state index contributed by atoms with van der Waals surface area (Å²) in [7, 11) is 0. The van der Waals surface area contributed by atoms with Gasteiger partial charge in [-0.25, -0.2) is 4.79 Å². The van der Waals surface area contributed by atoms with E-state index in [-0.39, 0.29) is 34.4 Å². The molecule has 0 radical (unpaired) electrons. The van der Waals surface area contributed by atoms with Crippen molar-refractivity contribution in [2.75, 3.05) is 11.5 Å². The predicted molar refractivity (Wildman–Crippen MR) is 137 cm³/mol. The number of carbonyl (C=O) groups excluding carboxylic acids is 3. The van der Waals surface area contributed by atoms with Crippen molar-refractivity contribution in [2.45, 2.75) is 32.9 Å². The number of ether oxygens (including phenoxy) is 2. The largest absolute Gasteiger partial charge is 0.508 e. The lowest BCUT2D eigenvalue weighted by Gasteiger charge is -2.26. The highest BCUT2D eigenvalue weighted by Gasteiger charge is 2.47. The lowest BCUT2D eigenvalue weighted by Crippen LogP contribution is -2.29. The molecule has 1 aliphatic heterocycles. The summed E-state index contributed by atoms with van der Waals surface area (Å²) in [6.07, 6.45) is -0.338. The minimum atomic E-state index is -1.02. The van der Waals surface area contributed by atoms with Crippen molar-refractivity contribution < 1.29 is 34.1 Å². The molecule has 0 saturated carbocycles. The number of carbonyl (C=O) groups is 3. The number of nitrogens with zero attached hydrogens (tertiary/aromatic N) is 1. The first-order chi connectivity index (χ1) is 17.7. The van der Waals surface area contributed by atoms with Gasteiger partial charge in [-0.3, -0.25) is 14.5 Å². The number of aromatic hydroxyl groups is 1. The van der Waals surface area contributed by atoms with E-state index in [4.69, 9.17) is 9.47 Å². The second-order valence-corrected chi connectivity index (χ2v) is 8.73. The number of anilines is 1. The van der Waals surface area contributed by atoms with E-state index in [2.05, 4.69) is 0 Å². The summed E-state index contributed by atoms with van der Waals surface area (Å²) in [6.45, 7) is 5.70. The molecule has 3 aromatic rings. The smallest absolute Gasteiger partial charge is 0.338 e. The Hall–Kier alpha value is -4.59. The Kier molecular flexibility index (Phi) is 7.29. The number of benzene rings is 3. The van der Waals surface area contributed by atoms with Crippen LogP contribution < -0.4 is 9.64 Å². The van der Waals surface area contributed by atoms with Gasteiger partial charge in [0, 0.05) is 11.3 Å². The van der Waals surface area contributed by atoms with E-state index in [9.17, 15) is 24.6 Å². The van der Waals surface area contributed by atoms with Crippen LogP contribution in [-0.4, -0.2) is 40.6 Å². The fraction of sp³-hybridized carbons (Fsp3) is 0.207. The molecule has 1 saturated heterocycles. The molecule has 190 valence electrons. The Morgan fingerprint density at radius 1 is 0.973 bits per heavy atom. The number of hydrogen-bond acceptors (Lipinski definition) is 7. The fourth-order valence-electron chi connectivity index (χ4n) is 4.19. The third-order valence-corrected chi connectivity index (χ3v) is 5.77. The van der Waals surface area contributed by atoms with Gasteiger partial charge in [0.15, 0.2) is 0 Å². The van der Waals surface area contributed by atoms with Crippen molar-refractivity contribution in [3.63, 3.8) is 0 Å². The highest BCUT2D eigenvalue weighted by molar-refractivity contribution is 6.51. The Bertz CT molecular complexity index is 1380. The van der Waals surface area contributed by atoms with E-state index in [1.165, 1.54) is 23.1 Å². The first-order valence-corrected chi connectivity index (χ1v) is 11.9. The Labute approximate surface area is 214 Å². The van der Waals surface area contributed by atoms with Crippen molar-refractivity contribution in [3.8, 4) is 11.5 Å². The fourth-order valence-corrected chi connectivity index (χ4v) is 4.19. The van der Waals surface area contributed by atoms with E-state index >= 15 is 0 Å². The van der Waals surface area contributed by atoms with Crippen molar-refractivity contribution >= 4 is 29.1 Å². The van der Waals surface area contributed by atoms with Gasteiger partial charge in [-0.2, -0.15) is 0 Å². The maximum Gasteiger partial charge on any atom is 0.338 e. The topological polar surface area (TPSA) is 113 Å². The highest BCUT2D eigenvalue weighted by Crippen LogP contribution is 2.42. The molecule has 1 heterocycles. The van der Waals surface area contributed by atoms with E-state index < -0.39 is 23.7 Å². The van der Waals surface area contributed by atoms with Crippen LogP contribution in [-0.2, 0) is 14.3 Å². The maximum atomic E-state index is 13.4. The van der Waals surface area contributed by atoms with Crippen LogP contribution in [0.1, 0.15) is 48.3 Å². The molecule has 1 amide bonds. The third-order valence-electron chi connectivity index (χ3n) is 5.77. The molecule has 1 atom stereocenters. The second kappa shape index (κ2) is 10.6. The molecule has 37 heavy (non-hydrogen) atoms. The number of rotatable bonds is 7. The minimum absolute atomic E-state index is 0.00328. The lowest BCUT2D eigenvalue weighted by atomic mass is 9.95. The Balaban J connectivity index is 1.88. The number of Topliss-reactive ketones (excluding diaryl/α,β-unsaturated/α-hetero) is 1. The summed E-state index contributed by atoms with van der Waals surface area (Å²) < 4.78 is 10.8. The molecule has 1 unspecified atom stereocenters. The number of amides is 1. The molecular formula is C29H27NO7. The maximum absolute atomic E-state index is 13.4. The van der Waals surface area contributed by atoms with Crippen LogP contribution in [0.3, 0.4) is 0 Å². The second-order valence-electron chi connectivity index (χ2n) is 8.73. The van der Waals surface area contributed by atoms with Crippen molar-refractivity contribution in [1.82, 2.24) is 0 Å². The van der Waals surface area contributed by atoms with Crippen molar-refractivity contribution in [3.05, 3.63) is 95.1 Å². The molecule has 0 aromatic heterocycles. The number of ketones is 1. The summed E-state index contributed by atoms with van der Waals surface area (Å²) in [4.78, 5) is 40.5. The van der Waals surface area contributed by atoms with Gasteiger partial charge < -0.3 is 19.7 Å². The van der Waals surface area contributed by atoms with Gasteiger partial charge in [0.1, 0.15) is 17.3 Å². The highest BCUT2D eigenvalue weighted by atomic mass is 16.5.